The first-order valence-electron chi connectivity index (χ1n) is 9.75. The Labute approximate surface area is 163 Å². The highest BCUT2D eigenvalue weighted by atomic mass is 19.2. The number of hydrogen-bond acceptors (Lipinski definition) is 4. The molecule has 4 nitrogen and oxygen atoms in total. The molecule has 0 aromatic heterocycles. The summed E-state index contributed by atoms with van der Waals surface area (Å²) in [5.41, 5.74) is 12.3. The average Bonchev–Trinajstić information content (AvgIpc) is 2.66. The van der Waals surface area contributed by atoms with Gasteiger partial charge in [0.1, 0.15) is 0 Å². The number of carbonyl (C=O) groups is 1. The van der Waals surface area contributed by atoms with Crippen LogP contribution in [0.4, 0.5) is 20.2 Å². The predicted molar refractivity (Wildman–Crippen MR) is 106 cm³/mol. The monoisotopic (exact) mass is 388 g/mol. The zero-order valence-corrected chi connectivity index (χ0v) is 16.0. The van der Waals surface area contributed by atoms with E-state index in [1.807, 2.05) is 0 Å². The van der Waals surface area contributed by atoms with Crippen LogP contribution in [0.15, 0.2) is 30.3 Å². The minimum atomic E-state index is -1.14. The van der Waals surface area contributed by atoms with Crippen molar-refractivity contribution in [2.24, 2.45) is 5.92 Å². The van der Waals surface area contributed by atoms with Gasteiger partial charge in [-0.2, -0.15) is 4.39 Å². The molecule has 2 aromatic carbocycles. The summed E-state index contributed by atoms with van der Waals surface area (Å²) in [6.45, 7) is 2.17. The molecule has 4 N–H and O–H groups in total. The van der Waals surface area contributed by atoms with Crippen LogP contribution >= 0.6 is 0 Å². The molecule has 150 valence electrons. The second-order valence-electron chi connectivity index (χ2n) is 7.57. The molecule has 0 unspecified atom stereocenters. The topological polar surface area (TPSA) is 78.3 Å². The number of rotatable bonds is 5. The van der Waals surface area contributed by atoms with Gasteiger partial charge in [-0.3, -0.25) is 0 Å². The molecule has 6 heteroatoms. The van der Waals surface area contributed by atoms with Gasteiger partial charge >= 0.3 is 5.97 Å². The predicted octanol–water partition coefficient (Wildman–Crippen LogP) is 5.42. The van der Waals surface area contributed by atoms with E-state index in [9.17, 15) is 13.6 Å². The maximum absolute atomic E-state index is 14.7. The molecule has 0 heterocycles. The average molecular weight is 388 g/mol. The van der Waals surface area contributed by atoms with Crippen molar-refractivity contribution in [1.82, 2.24) is 0 Å². The normalized spacial score (nSPS) is 19.4. The number of nitrogen functional groups attached to an aromatic ring is 2. The summed E-state index contributed by atoms with van der Waals surface area (Å²) in [5.74, 6) is -2.67. The van der Waals surface area contributed by atoms with Gasteiger partial charge in [0.2, 0.25) is 5.82 Å². The Balaban J connectivity index is 1.74. The third-order valence-electron chi connectivity index (χ3n) is 5.48. The molecule has 28 heavy (non-hydrogen) atoms. The van der Waals surface area contributed by atoms with Gasteiger partial charge < -0.3 is 16.2 Å². The van der Waals surface area contributed by atoms with Gasteiger partial charge in [-0.05, 0) is 67.3 Å². The van der Waals surface area contributed by atoms with Crippen LogP contribution in [-0.2, 0) is 0 Å². The molecule has 1 saturated carbocycles. The lowest BCUT2D eigenvalue weighted by Crippen LogP contribution is -2.16. The molecule has 0 saturated heterocycles. The number of benzene rings is 2. The molecule has 0 atom stereocenters. The number of hydrogen-bond donors (Lipinski definition) is 2. The lowest BCUT2D eigenvalue weighted by Gasteiger charge is -2.29. The van der Waals surface area contributed by atoms with Crippen molar-refractivity contribution in [3.05, 3.63) is 53.1 Å². The van der Waals surface area contributed by atoms with E-state index < -0.39 is 23.4 Å². The number of nitrogens with two attached hydrogens (primary N) is 2. The van der Waals surface area contributed by atoms with Crippen molar-refractivity contribution < 1.29 is 18.3 Å². The fourth-order valence-corrected chi connectivity index (χ4v) is 4.06. The summed E-state index contributed by atoms with van der Waals surface area (Å²) in [6.07, 6.45) is 6.11. The van der Waals surface area contributed by atoms with E-state index in [4.69, 9.17) is 16.2 Å². The van der Waals surface area contributed by atoms with E-state index in [0.29, 0.717) is 11.5 Å². The summed E-state index contributed by atoms with van der Waals surface area (Å²) in [5, 5.41) is 0. The standard InChI is InChI=1S/C22H26F2N2O2/c1-2-3-13-4-6-14(7-5-13)18-8-9-19(21(24)20(18)23)28-22(27)15-10-16(25)12-17(26)11-15/h8-14H,2-7,25-26H2,1H3. The van der Waals surface area contributed by atoms with Gasteiger partial charge in [0.25, 0.3) is 0 Å². The molecule has 1 fully saturated rings. The maximum atomic E-state index is 14.7. The first-order chi connectivity index (χ1) is 13.4. The lowest BCUT2D eigenvalue weighted by molar-refractivity contribution is 0.0726. The third-order valence-corrected chi connectivity index (χ3v) is 5.48. The first-order valence-corrected chi connectivity index (χ1v) is 9.75. The Morgan fingerprint density at radius 1 is 1.04 bits per heavy atom. The summed E-state index contributed by atoms with van der Waals surface area (Å²) >= 11 is 0. The van der Waals surface area contributed by atoms with E-state index in [1.54, 1.807) is 0 Å². The van der Waals surface area contributed by atoms with Crippen molar-refractivity contribution in [1.29, 1.82) is 0 Å². The molecular weight excluding hydrogens is 362 g/mol. The number of anilines is 2. The van der Waals surface area contributed by atoms with Crippen LogP contribution in [0.5, 0.6) is 5.75 Å². The second-order valence-corrected chi connectivity index (χ2v) is 7.57. The van der Waals surface area contributed by atoms with Crippen LogP contribution in [-0.4, -0.2) is 5.97 Å². The largest absolute Gasteiger partial charge is 0.420 e. The minimum Gasteiger partial charge on any atom is -0.420 e. The van der Waals surface area contributed by atoms with Crippen molar-refractivity contribution in [2.75, 3.05) is 11.5 Å². The van der Waals surface area contributed by atoms with Crippen LogP contribution < -0.4 is 16.2 Å². The van der Waals surface area contributed by atoms with Gasteiger partial charge in [0.15, 0.2) is 11.6 Å². The van der Waals surface area contributed by atoms with Crippen LogP contribution in [0.1, 0.15) is 67.3 Å². The van der Waals surface area contributed by atoms with Crippen LogP contribution in [0.25, 0.3) is 0 Å². The van der Waals surface area contributed by atoms with Crippen molar-refractivity contribution >= 4 is 17.3 Å². The van der Waals surface area contributed by atoms with E-state index in [0.717, 1.165) is 32.1 Å². The molecule has 0 spiro atoms. The second kappa shape index (κ2) is 8.59. The van der Waals surface area contributed by atoms with Crippen molar-refractivity contribution in [2.45, 2.75) is 51.4 Å². The SMILES string of the molecule is CCCC1CCC(c2ccc(OC(=O)c3cc(N)cc(N)c3)c(F)c2F)CC1. The first kappa shape index (κ1) is 20.1. The lowest BCUT2D eigenvalue weighted by atomic mass is 9.77. The Morgan fingerprint density at radius 2 is 1.68 bits per heavy atom. The van der Waals surface area contributed by atoms with Crippen LogP contribution in [0, 0.1) is 17.6 Å². The van der Waals surface area contributed by atoms with E-state index >= 15 is 0 Å². The zero-order valence-electron chi connectivity index (χ0n) is 16.0. The highest BCUT2D eigenvalue weighted by Crippen LogP contribution is 2.39. The maximum Gasteiger partial charge on any atom is 0.343 e. The fraction of sp³-hybridized carbons (Fsp3) is 0.409. The van der Waals surface area contributed by atoms with Crippen molar-refractivity contribution in [3.63, 3.8) is 0 Å². The van der Waals surface area contributed by atoms with Crippen LogP contribution in [0.2, 0.25) is 0 Å². The molecule has 0 amide bonds. The third kappa shape index (κ3) is 4.43. The Bertz CT molecular complexity index is 842. The van der Waals surface area contributed by atoms with Gasteiger partial charge in [-0.15, -0.1) is 0 Å². The molecule has 1 aliphatic carbocycles. The summed E-state index contributed by atoms with van der Waals surface area (Å²) < 4.78 is 34.3. The molecular formula is C22H26F2N2O2. The van der Waals surface area contributed by atoms with E-state index in [1.165, 1.54) is 36.8 Å². The fourth-order valence-electron chi connectivity index (χ4n) is 4.06. The Morgan fingerprint density at radius 3 is 2.29 bits per heavy atom. The minimum absolute atomic E-state index is 0.000998. The Hall–Kier alpha value is -2.63. The molecule has 1 aliphatic rings. The quantitative estimate of drug-likeness (QED) is 0.407. The van der Waals surface area contributed by atoms with Crippen molar-refractivity contribution in [3.8, 4) is 5.75 Å². The zero-order chi connectivity index (χ0) is 20.3. The summed E-state index contributed by atoms with van der Waals surface area (Å²) in [4.78, 5) is 12.2. The molecule has 2 aromatic rings. The van der Waals surface area contributed by atoms with Gasteiger partial charge in [0, 0.05) is 11.4 Å². The number of halogens is 2. The highest BCUT2D eigenvalue weighted by Gasteiger charge is 2.27. The van der Waals surface area contributed by atoms with E-state index in [2.05, 4.69) is 6.92 Å². The van der Waals surface area contributed by atoms with E-state index in [-0.39, 0.29) is 22.9 Å². The number of esters is 1. The molecule has 0 aliphatic heterocycles. The molecule has 0 bridgehead atoms. The molecule has 3 rings (SSSR count). The number of ether oxygens (including phenoxy) is 1. The Kier molecular flexibility index (Phi) is 6.17. The highest BCUT2D eigenvalue weighted by molar-refractivity contribution is 5.93. The summed E-state index contributed by atoms with van der Waals surface area (Å²) in [6, 6.07) is 7.08. The van der Waals surface area contributed by atoms with Gasteiger partial charge in [-0.1, -0.05) is 25.8 Å². The van der Waals surface area contributed by atoms with Gasteiger partial charge in [-0.25, -0.2) is 9.18 Å². The smallest absolute Gasteiger partial charge is 0.343 e. The van der Waals surface area contributed by atoms with Gasteiger partial charge in [0.05, 0.1) is 5.56 Å². The summed E-state index contributed by atoms with van der Waals surface area (Å²) in [7, 11) is 0. The molecule has 0 radical (unpaired) electrons. The number of carbonyl (C=O) groups excluding carboxylic acids is 1. The van der Waals surface area contributed by atoms with Crippen LogP contribution in [0.3, 0.4) is 0 Å².